The van der Waals surface area contributed by atoms with Crippen molar-refractivity contribution in [3.63, 3.8) is 0 Å². The zero-order valence-electron chi connectivity index (χ0n) is 20.2. The summed E-state index contributed by atoms with van der Waals surface area (Å²) in [6.45, 7) is 6.15. The topological polar surface area (TPSA) is 102 Å². The van der Waals surface area contributed by atoms with Crippen molar-refractivity contribution >= 4 is 0 Å². The van der Waals surface area contributed by atoms with E-state index < -0.39 is 17.0 Å². The highest BCUT2D eigenvalue weighted by Crippen LogP contribution is 2.69. The Morgan fingerprint density at radius 3 is 2.69 bits per heavy atom. The first-order valence-corrected chi connectivity index (χ1v) is 12.0. The van der Waals surface area contributed by atoms with E-state index in [2.05, 4.69) is 39.1 Å². The molecule has 1 aromatic carbocycles. The van der Waals surface area contributed by atoms with Crippen LogP contribution in [0.4, 0.5) is 8.78 Å². The summed E-state index contributed by atoms with van der Waals surface area (Å²) in [6, 6.07) is 5.57. The van der Waals surface area contributed by atoms with Crippen molar-refractivity contribution in [1.29, 1.82) is 0 Å². The van der Waals surface area contributed by atoms with Gasteiger partial charge in [-0.1, -0.05) is 26.8 Å². The molecule has 0 spiro atoms. The summed E-state index contributed by atoms with van der Waals surface area (Å²) in [5.41, 5.74) is 1.67. The van der Waals surface area contributed by atoms with Crippen LogP contribution in [0.25, 0.3) is 17.1 Å². The van der Waals surface area contributed by atoms with E-state index in [9.17, 15) is 13.9 Å². The van der Waals surface area contributed by atoms with Crippen LogP contribution >= 0.6 is 0 Å². The van der Waals surface area contributed by atoms with Crippen LogP contribution < -0.4 is 0 Å². The number of aliphatic hydroxyl groups excluding tert-OH is 1. The van der Waals surface area contributed by atoms with E-state index in [1.54, 1.807) is 29.5 Å². The fourth-order valence-corrected chi connectivity index (χ4v) is 6.12. The van der Waals surface area contributed by atoms with Gasteiger partial charge in [-0.2, -0.15) is 5.10 Å². The van der Waals surface area contributed by atoms with E-state index in [1.807, 2.05) is 6.92 Å². The van der Waals surface area contributed by atoms with Gasteiger partial charge in [0.05, 0.1) is 40.9 Å². The molecule has 184 valence electrons. The Hall–Kier alpha value is -3.66. The number of rotatable bonds is 5. The highest BCUT2D eigenvalue weighted by Gasteiger charge is 2.65. The summed E-state index contributed by atoms with van der Waals surface area (Å²) in [7, 11) is 0. The van der Waals surface area contributed by atoms with E-state index in [1.165, 1.54) is 18.2 Å². The highest BCUT2D eigenvalue weighted by molar-refractivity contribution is 5.64. The van der Waals surface area contributed by atoms with Crippen LogP contribution in [0.15, 0.2) is 43.0 Å². The van der Waals surface area contributed by atoms with Gasteiger partial charge in [0.15, 0.2) is 11.6 Å². The van der Waals surface area contributed by atoms with E-state index in [0.717, 1.165) is 29.8 Å². The second-order valence-corrected chi connectivity index (χ2v) is 10.2. The van der Waals surface area contributed by atoms with Crippen molar-refractivity contribution in [2.24, 2.45) is 5.41 Å². The molecule has 36 heavy (non-hydrogen) atoms. The van der Waals surface area contributed by atoms with Gasteiger partial charge in [0.1, 0.15) is 18.0 Å². The summed E-state index contributed by atoms with van der Waals surface area (Å²) in [4.78, 5) is 13.7. The first-order valence-electron chi connectivity index (χ1n) is 12.0. The van der Waals surface area contributed by atoms with Crippen molar-refractivity contribution in [3.8, 4) is 17.1 Å². The summed E-state index contributed by atoms with van der Waals surface area (Å²) < 4.78 is 30.5. The van der Waals surface area contributed by atoms with Gasteiger partial charge < -0.3 is 5.11 Å². The van der Waals surface area contributed by atoms with E-state index >= 15 is 0 Å². The number of aromatic nitrogens is 7. The van der Waals surface area contributed by atoms with Crippen LogP contribution in [0.3, 0.4) is 0 Å². The SMILES string of the molecule is C[C@@H](CO)c1ncn(-c2cncc([C@@]34CC[C@@H](c5cc(-c6c(F)cccc6F)nnc53)C4(C)C)n2)n1. The third-order valence-electron chi connectivity index (χ3n) is 8.12. The molecular weight excluding hydrogens is 464 g/mol. The van der Waals surface area contributed by atoms with Crippen LogP contribution in [0, 0.1) is 17.0 Å². The second-order valence-electron chi connectivity index (χ2n) is 10.2. The molecule has 8 nitrogen and oxygen atoms in total. The van der Waals surface area contributed by atoms with E-state index in [4.69, 9.17) is 4.98 Å². The van der Waals surface area contributed by atoms with Gasteiger partial charge in [-0.15, -0.1) is 10.2 Å². The molecule has 0 aliphatic heterocycles. The van der Waals surface area contributed by atoms with Gasteiger partial charge in [0, 0.05) is 12.1 Å². The zero-order chi connectivity index (χ0) is 25.2. The minimum Gasteiger partial charge on any atom is -0.396 e. The predicted octanol–water partition coefficient (Wildman–Crippen LogP) is 4.09. The summed E-state index contributed by atoms with van der Waals surface area (Å²) in [6.07, 6.45) is 6.63. The predicted molar refractivity (Wildman–Crippen MR) is 126 cm³/mol. The Bertz CT molecular complexity index is 1470. The number of halogens is 2. The maximum atomic E-state index is 14.5. The average Bonchev–Trinajstić information content (AvgIpc) is 3.52. The minimum absolute atomic E-state index is 0.0529. The lowest BCUT2D eigenvalue weighted by Crippen LogP contribution is -2.38. The number of benzene rings is 1. The molecule has 10 heteroatoms. The molecule has 2 bridgehead atoms. The average molecular weight is 490 g/mol. The molecule has 1 fully saturated rings. The fraction of sp³-hybridized carbons (Fsp3) is 0.385. The Labute approximate surface area is 206 Å². The van der Waals surface area contributed by atoms with Crippen molar-refractivity contribution in [2.75, 3.05) is 6.61 Å². The molecule has 0 radical (unpaired) electrons. The minimum atomic E-state index is -0.664. The monoisotopic (exact) mass is 489 g/mol. The molecule has 4 aromatic rings. The molecule has 0 unspecified atom stereocenters. The lowest BCUT2D eigenvalue weighted by molar-refractivity contribution is 0.242. The molecule has 3 atom stereocenters. The quantitative estimate of drug-likeness (QED) is 0.450. The maximum absolute atomic E-state index is 14.5. The largest absolute Gasteiger partial charge is 0.396 e. The van der Waals surface area contributed by atoms with Gasteiger partial charge in [0.25, 0.3) is 0 Å². The van der Waals surface area contributed by atoms with Gasteiger partial charge in [-0.3, -0.25) is 4.98 Å². The fourth-order valence-electron chi connectivity index (χ4n) is 6.12. The van der Waals surface area contributed by atoms with E-state index in [0.29, 0.717) is 11.6 Å². The normalized spacial score (nSPS) is 22.6. The summed E-state index contributed by atoms with van der Waals surface area (Å²) >= 11 is 0. The Morgan fingerprint density at radius 2 is 1.94 bits per heavy atom. The molecule has 1 saturated carbocycles. The molecular formula is C26H25F2N7O. The number of fused-ring (bicyclic) bond motifs is 5. The summed E-state index contributed by atoms with van der Waals surface area (Å²) in [5.74, 6) is -0.359. The number of hydrogen-bond donors (Lipinski definition) is 1. The molecule has 0 saturated heterocycles. The molecule has 3 aromatic heterocycles. The van der Waals surface area contributed by atoms with Crippen LogP contribution in [-0.2, 0) is 5.41 Å². The van der Waals surface area contributed by atoms with Crippen molar-refractivity contribution in [1.82, 2.24) is 34.9 Å². The van der Waals surface area contributed by atoms with Crippen LogP contribution in [-0.4, -0.2) is 46.6 Å². The molecule has 6 rings (SSSR count). The van der Waals surface area contributed by atoms with Crippen molar-refractivity contribution < 1.29 is 13.9 Å². The molecule has 2 aliphatic rings. The van der Waals surface area contributed by atoms with E-state index in [-0.39, 0.29) is 35.1 Å². The smallest absolute Gasteiger partial charge is 0.173 e. The van der Waals surface area contributed by atoms with Crippen LogP contribution in [0.1, 0.15) is 68.2 Å². The Morgan fingerprint density at radius 1 is 1.17 bits per heavy atom. The zero-order valence-corrected chi connectivity index (χ0v) is 20.2. The number of aliphatic hydroxyl groups is 1. The summed E-state index contributed by atoms with van der Waals surface area (Å²) in [5, 5.41) is 22.7. The van der Waals surface area contributed by atoms with Gasteiger partial charge in [-0.25, -0.2) is 23.4 Å². The first kappa shape index (κ1) is 22.8. The highest BCUT2D eigenvalue weighted by atomic mass is 19.1. The maximum Gasteiger partial charge on any atom is 0.173 e. The molecule has 3 heterocycles. The molecule has 0 amide bonds. The van der Waals surface area contributed by atoms with Gasteiger partial charge >= 0.3 is 0 Å². The van der Waals surface area contributed by atoms with Gasteiger partial charge in [-0.05, 0) is 47.9 Å². The Balaban J connectivity index is 1.47. The Kier molecular flexibility index (Phi) is 5.01. The lowest BCUT2D eigenvalue weighted by atomic mass is 9.66. The number of nitrogens with zero attached hydrogens (tertiary/aromatic N) is 7. The first-order chi connectivity index (χ1) is 17.3. The van der Waals surface area contributed by atoms with Gasteiger partial charge in [0.2, 0.25) is 0 Å². The molecule has 1 N–H and O–H groups in total. The van der Waals surface area contributed by atoms with Crippen LogP contribution in [0.2, 0.25) is 0 Å². The molecule has 2 aliphatic carbocycles. The third kappa shape index (κ3) is 3.00. The van der Waals surface area contributed by atoms with Crippen molar-refractivity contribution in [3.05, 3.63) is 77.4 Å². The third-order valence-corrected chi connectivity index (χ3v) is 8.12. The van der Waals surface area contributed by atoms with Crippen LogP contribution in [0.5, 0.6) is 0 Å². The second kappa shape index (κ2) is 7.92. The number of hydrogen-bond acceptors (Lipinski definition) is 7. The van der Waals surface area contributed by atoms with Crippen molar-refractivity contribution in [2.45, 2.75) is 50.9 Å². The standard InChI is InChI=1S/C26H25F2N7O/c1-14(12-36)24-30-13-35(34-24)21-11-29-10-20(31-21)26-8-7-16(25(26,2)3)15-9-19(32-33-23(15)26)22-17(27)5-4-6-18(22)28/h4-6,9-11,13-14,16,36H,7-8,12H2,1-3H3/t14-,16-,26-/m0/s1. The lowest BCUT2D eigenvalue weighted by Gasteiger charge is -2.37.